The van der Waals surface area contributed by atoms with Gasteiger partial charge in [0.15, 0.2) is 0 Å². The van der Waals surface area contributed by atoms with E-state index in [1.165, 1.54) is 0 Å². The van der Waals surface area contributed by atoms with Gasteiger partial charge in [-0.15, -0.1) is 0 Å². The summed E-state index contributed by atoms with van der Waals surface area (Å²) in [6.07, 6.45) is 5.64. The molecule has 1 aromatic carbocycles. The second kappa shape index (κ2) is 10.4. The number of carbonyl (C=O) groups is 2. The molecule has 0 radical (unpaired) electrons. The van der Waals surface area contributed by atoms with Crippen LogP contribution in [-0.2, 0) is 0 Å². The first-order chi connectivity index (χ1) is 16.4. The standard InChI is InChI=1S/C26H34N4O4/c1-16(15-31)28-25(32)19-9-10-24(27-14-19)30-11-5-6-18-12-20(13-22(18)30)29-26(33)21-7-4-8-23(34-3)17(21)2/h4,7-10,14,16,18,20,22,31H,5-6,11-13,15H2,1-3H3,(H,28,32)(H,29,33)/t16-,18?,20?,22?/m0/s1. The largest absolute Gasteiger partial charge is 0.496 e. The SMILES string of the molecule is COc1cccc(C(=O)NC2CC3CCCN(c4ccc(C(=O)N[C@@H](C)CO)cn4)C3C2)c1C. The first kappa shape index (κ1) is 24.0. The van der Waals surface area contributed by atoms with Crippen molar-refractivity contribution in [2.45, 2.75) is 57.7 Å². The van der Waals surface area contributed by atoms with Crippen LogP contribution in [0.15, 0.2) is 36.5 Å². The molecule has 4 atom stereocenters. The summed E-state index contributed by atoms with van der Waals surface area (Å²) in [7, 11) is 1.61. The molecule has 2 aliphatic rings. The summed E-state index contributed by atoms with van der Waals surface area (Å²) in [4.78, 5) is 32.2. The molecule has 1 saturated carbocycles. The summed E-state index contributed by atoms with van der Waals surface area (Å²) < 4.78 is 5.36. The van der Waals surface area contributed by atoms with Crippen LogP contribution in [-0.4, -0.2) is 60.3 Å². The topological polar surface area (TPSA) is 104 Å². The molecule has 34 heavy (non-hydrogen) atoms. The molecular weight excluding hydrogens is 432 g/mol. The summed E-state index contributed by atoms with van der Waals surface area (Å²) in [5.41, 5.74) is 1.97. The summed E-state index contributed by atoms with van der Waals surface area (Å²) in [6.45, 7) is 4.46. The van der Waals surface area contributed by atoms with Gasteiger partial charge in [0.25, 0.3) is 11.8 Å². The fourth-order valence-electron chi connectivity index (χ4n) is 5.27. The molecule has 2 aromatic rings. The number of carbonyl (C=O) groups excluding carboxylic acids is 2. The molecule has 1 aliphatic heterocycles. The highest BCUT2D eigenvalue weighted by atomic mass is 16.5. The van der Waals surface area contributed by atoms with Gasteiger partial charge in [0.1, 0.15) is 11.6 Å². The average molecular weight is 467 g/mol. The van der Waals surface area contributed by atoms with Gasteiger partial charge in [-0.2, -0.15) is 0 Å². The lowest BCUT2D eigenvalue weighted by Crippen LogP contribution is -2.43. The van der Waals surface area contributed by atoms with Gasteiger partial charge < -0.3 is 25.4 Å². The maximum absolute atomic E-state index is 13.0. The van der Waals surface area contributed by atoms with Crippen molar-refractivity contribution < 1.29 is 19.4 Å². The Morgan fingerprint density at radius 2 is 2.06 bits per heavy atom. The van der Waals surface area contributed by atoms with Crippen molar-refractivity contribution >= 4 is 17.6 Å². The molecule has 8 nitrogen and oxygen atoms in total. The molecular formula is C26H34N4O4. The van der Waals surface area contributed by atoms with Crippen LogP contribution in [0.4, 0.5) is 5.82 Å². The molecule has 3 unspecified atom stereocenters. The number of hydrogen-bond donors (Lipinski definition) is 3. The van der Waals surface area contributed by atoms with Gasteiger partial charge in [0.2, 0.25) is 0 Å². The van der Waals surface area contributed by atoms with E-state index in [2.05, 4.69) is 20.5 Å². The number of anilines is 1. The number of aliphatic hydroxyl groups excluding tert-OH is 1. The van der Waals surface area contributed by atoms with E-state index in [1.54, 1.807) is 26.3 Å². The van der Waals surface area contributed by atoms with Crippen molar-refractivity contribution in [3.63, 3.8) is 0 Å². The minimum absolute atomic E-state index is 0.0582. The van der Waals surface area contributed by atoms with E-state index in [9.17, 15) is 9.59 Å². The van der Waals surface area contributed by atoms with Crippen LogP contribution < -0.4 is 20.3 Å². The number of rotatable bonds is 7. The van der Waals surface area contributed by atoms with Crippen molar-refractivity contribution in [2.75, 3.05) is 25.2 Å². The average Bonchev–Trinajstić information content (AvgIpc) is 3.26. The predicted octanol–water partition coefficient (Wildman–Crippen LogP) is 2.69. The van der Waals surface area contributed by atoms with E-state index in [0.29, 0.717) is 28.8 Å². The van der Waals surface area contributed by atoms with Gasteiger partial charge in [-0.05, 0) is 69.7 Å². The number of aromatic nitrogens is 1. The van der Waals surface area contributed by atoms with Crippen LogP contribution >= 0.6 is 0 Å². The Kier molecular flexibility index (Phi) is 7.36. The maximum Gasteiger partial charge on any atom is 0.253 e. The van der Waals surface area contributed by atoms with Crippen LogP contribution in [0.5, 0.6) is 5.75 Å². The third-order valence-electron chi connectivity index (χ3n) is 7.07. The zero-order valence-corrected chi connectivity index (χ0v) is 20.1. The Hall–Kier alpha value is -3.13. The zero-order valence-electron chi connectivity index (χ0n) is 20.1. The summed E-state index contributed by atoms with van der Waals surface area (Å²) >= 11 is 0. The molecule has 2 heterocycles. The minimum Gasteiger partial charge on any atom is -0.496 e. The lowest BCUT2D eigenvalue weighted by molar-refractivity contribution is 0.0918. The predicted molar refractivity (Wildman–Crippen MR) is 130 cm³/mol. The van der Waals surface area contributed by atoms with Crippen molar-refractivity contribution in [1.29, 1.82) is 0 Å². The van der Waals surface area contributed by atoms with Crippen molar-refractivity contribution in [3.05, 3.63) is 53.2 Å². The molecule has 182 valence electrons. The minimum atomic E-state index is -0.304. The molecule has 1 aliphatic carbocycles. The van der Waals surface area contributed by atoms with Gasteiger partial charge in [0.05, 0.1) is 19.3 Å². The summed E-state index contributed by atoms with van der Waals surface area (Å²) in [5.74, 6) is 1.77. The van der Waals surface area contributed by atoms with Gasteiger partial charge in [-0.1, -0.05) is 6.07 Å². The Balaban J connectivity index is 1.42. The number of nitrogens with zero attached hydrogens (tertiary/aromatic N) is 2. The fourth-order valence-corrected chi connectivity index (χ4v) is 5.27. The smallest absolute Gasteiger partial charge is 0.253 e. The Morgan fingerprint density at radius 1 is 1.24 bits per heavy atom. The Morgan fingerprint density at radius 3 is 2.76 bits per heavy atom. The number of benzene rings is 1. The van der Waals surface area contributed by atoms with E-state index in [1.807, 2.05) is 31.2 Å². The highest BCUT2D eigenvalue weighted by Gasteiger charge is 2.41. The molecule has 1 aromatic heterocycles. The molecule has 3 N–H and O–H groups in total. The normalized spacial score (nSPS) is 22.6. The monoisotopic (exact) mass is 466 g/mol. The second-order valence-electron chi connectivity index (χ2n) is 9.40. The molecule has 4 rings (SSSR count). The van der Waals surface area contributed by atoms with E-state index in [0.717, 1.165) is 43.6 Å². The quantitative estimate of drug-likeness (QED) is 0.580. The molecule has 0 spiro atoms. The number of hydrogen-bond acceptors (Lipinski definition) is 6. The molecule has 0 bridgehead atoms. The number of methoxy groups -OCH3 is 1. The lowest BCUT2D eigenvalue weighted by Gasteiger charge is -2.38. The lowest BCUT2D eigenvalue weighted by atomic mass is 9.92. The van der Waals surface area contributed by atoms with E-state index in [-0.39, 0.29) is 30.5 Å². The molecule has 2 amide bonds. The van der Waals surface area contributed by atoms with Crippen LogP contribution in [0.1, 0.15) is 58.9 Å². The van der Waals surface area contributed by atoms with Gasteiger partial charge in [0, 0.05) is 42.0 Å². The maximum atomic E-state index is 13.0. The fraction of sp³-hybridized carbons (Fsp3) is 0.500. The van der Waals surface area contributed by atoms with Crippen LogP contribution in [0.3, 0.4) is 0 Å². The number of nitrogens with one attached hydrogen (secondary N) is 2. The van der Waals surface area contributed by atoms with Crippen molar-refractivity contribution in [1.82, 2.24) is 15.6 Å². The van der Waals surface area contributed by atoms with E-state index < -0.39 is 0 Å². The third kappa shape index (κ3) is 5.01. The Bertz CT molecular complexity index is 1030. The van der Waals surface area contributed by atoms with Crippen molar-refractivity contribution in [2.24, 2.45) is 5.92 Å². The zero-order chi connectivity index (χ0) is 24.2. The second-order valence-corrected chi connectivity index (χ2v) is 9.40. The number of piperidine rings is 1. The third-order valence-corrected chi connectivity index (χ3v) is 7.07. The molecule has 8 heteroatoms. The number of aliphatic hydroxyl groups is 1. The van der Waals surface area contributed by atoms with E-state index in [4.69, 9.17) is 9.84 Å². The number of ether oxygens (including phenoxy) is 1. The van der Waals surface area contributed by atoms with Gasteiger partial charge in [-0.25, -0.2) is 4.98 Å². The number of pyridine rings is 1. The summed E-state index contributed by atoms with van der Waals surface area (Å²) in [6, 6.07) is 9.34. The van der Waals surface area contributed by atoms with E-state index >= 15 is 0 Å². The number of amides is 2. The van der Waals surface area contributed by atoms with Crippen LogP contribution in [0.25, 0.3) is 0 Å². The van der Waals surface area contributed by atoms with Gasteiger partial charge >= 0.3 is 0 Å². The Labute approximate surface area is 200 Å². The summed E-state index contributed by atoms with van der Waals surface area (Å²) in [5, 5.41) is 15.1. The first-order valence-corrected chi connectivity index (χ1v) is 12.0. The highest BCUT2D eigenvalue weighted by molar-refractivity contribution is 5.96. The van der Waals surface area contributed by atoms with Crippen LogP contribution in [0, 0.1) is 12.8 Å². The highest BCUT2D eigenvalue weighted by Crippen LogP contribution is 2.39. The van der Waals surface area contributed by atoms with Crippen molar-refractivity contribution in [3.8, 4) is 5.75 Å². The number of fused-ring (bicyclic) bond motifs is 1. The van der Waals surface area contributed by atoms with Gasteiger partial charge in [-0.3, -0.25) is 9.59 Å². The molecule has 2 fully saturated rings. The first-order valence-electron chi connectivity index (χ1n) is 12.0. The molecule has 1 saturated heterocycles. The van der Waals surface area contributed by atoms with Crippen LogP contribution in [0.2, 0.25) is 0 Å².